The molecule has 0 aliphatic rings. The van der Waals surface area contributed by atoms with Gasteiger partial charge in [0.25, 0.3) is 5.69 Å². The predicted molar refractivity (Wildman–Crippen MR) is 76.6 cm³/mol. The van der Waals surface area contributed by atoms with E-state index in [1.54, 1.807) is 6.92 Å². The number of ether oxygens (including phenoxy) is 1. The first-order valence-corrected chi connectivity index (χ1v) is 6.54. The lowest BCUT2D eigenvalue weighted by molar-refractivity contribution is -0.384. The van der Waals surface area contributed by atoms with Crippen LogP contribution in [0.5, 0.6) is 11.6 Å². The molecule has 0 spiro atoms. The number of nitrogens with one attached hydrogen (secondary N) is 1. The molecule has 0 saturated heterocycles. The van der Waals surface area contributed by atoms with E-state index < -0.39 is 16.7 Å². The molecule has 0 aliphatic heterocycles. The minimum atomic E-state index is -4.48. The van der Waals surface area contributed by atoms with Crippen LogP contribution in [0.15, 0.2) is 36.5 Å². The van der Waals surface area contributed by atoms with E-state index in [1.165, 1.54) is 18.2 Å². The maximum atomic E-state index is 12.5. The highest BCUT2D eigenvalue weighted by Crippen LogP contribution is 2.32. The van der Waals surface area contributed by atoms with Crippen molar-refractivity contribution in [1.82, 2.24) is 4.98 Å². The zero-order valence-corrected chi connectivity index (χ0v) is 11.9. The standard InChI is InChI=1S/C14H12F3N3O3/c1-2-18-11-7-10(4-5-12(11)20(21)22)23-13-6-3-9(8-19-13)14(15,16)17/h3-8,18H,2H2,1H3. The molecule has 1 aromatic heterocycles. The number of hydrogen-bond donors (Lipinski definition) is 1. The van der Waals surface area contributed by atoms with Gasteiger partial charge < -0.3 is 10.1 Å². The number of benzene rings is 1. The van der Waals surface area contributed by atoms with Gasteiger partial charge in [-0.1, -0.05) is 0 Å². The maximum Gasteiger partial charge on any atom is 0.417 e. The van der Waals surface area contributed by atoms with E-state index in [-0.39, 0.29) is 23.0 Å². The number of anilines is 1. The highest BCUT2D eigenvalue weighted by Gasteiger charge is 2.30. The number of rotatable bonds is 5. The van der Waals surface area contributed by atoms with Crippen molar-refractivity contribution in [2.24, 2.45) is 0 Å². The van der Waals surface area contributed by atoms with Crippen molar-refractivity contribution in [3.63, 3.8) is 0 Å². The zero-order chi connectivity index (χ0) is 17.0. The minimum Gasteiger partial charge on any atom is -0.439 e. The molecular weight excluding hydrogens is 315 g/mol. The number of pyridine rings is 1. The fourth-order valence-corrected chi connectivity index (χ4v) is 1.80. The summed E-state index contributed by atoms with van der Waals surface area (Å²) in [6.07, 6.45) is -3.82. The van der Waals surface area contributed by atoms with Crippen LogP contribution >= 0.6 is 0 Å². The van der Waals surface area contributed by atoms with Gasteiger partial charge in [-0.05, 0) is 19.1 Å². The van der Waals surface area contributed by atoms with E-state index in [2.05, 4.69) is 10.3 Å². The highest BCUT2D eigenvalue weighted by atomic mass is 19.4. The van der Waals surface area contributed by atoms with Gasteiger partial charge in [0.05, 0.1) is 10.5 Å². The van der Waals surface area contributed by atoms with Gasteiger partial charge >= 0.3 is 6.18 Å². The van der Waals surface area contributed by atoms with E-state index in [1.807, 2.05) is 0 Å². The number of nitro groups is 1. The van der Waals surface area contributed by atoms with E-state index in [0.29, 0.717) is 12.7 Å². The SMILES string of the molecule is CCNc1cc(Oc2ccc(C(F)(F)F)cn2)ccc1[N+](=O)[O-]. The number of nitro benzene ring substituents is 1. The summed E-state index contributed by atoms with van der Waals surface area (Å²) in [5.74, 6) is 0.174. The fourth-order valence-electron chi connectivity index (χ4n) is 1.80. The Kier molecular flexibility index (Phi) is 4.68. The molecule has 0 aliphatic carbocycles. The molecule has 0 saturated carbocycles. The molecule has 6 nitrogen and oxygen atoms in total. The second-order valence-corrected chi connectivity index (χ2v) is 4.45. The van der Waals surface area contributed by atoms with Crippen LogP contribution in [0.1, 0.15) is 12.5 Å². The summed E-state index contributed by atoms with van der Waals surface area (Å²) in [7, 11) is 0. The second kappa shape index (κ2) is 6.51. The third-order valence-electron chi connectivity index (χ3n) is 2.82. The Morgan fingerprint density at radius 3 is 2.57 bits per heavy atom. The molecule has 2 rings (SSSR count). The van der Waals surface area contributed by atoms with Crippen LogP contribution < -0.4 is 10.1 Å². The van der Waals surface area contributed by atoms with Crippen LogP contribution in [0.25, 0.3) is 0 Å². The Morgan fingerprint density at radius 2 is 2.04 bits per heavy atom. The molecule has 1 N–H and O–H groups in total. The van der Waals surface area contributed by atoms with Gasteiger partial charge in [0.2, 0.25) is 5.88 Å². The lowest BCUT2D eigenvalue weighted by Gasteiger charge is -2.10. The Labute approximate surface area is 129 Å². The quantitative estimate of drug-likeness (QED) is 0.657. The number of nitrogens with zero attached hydrogens (tertiary/aromatic N) is 2. The largest absolute Gasteiger partial charge is 0.439 e. The second-order valence-electron chi connectivity index (χ2n) is 4.45. The fraction of sp³-hybridized carbons (Fsp3) is 0.214. The molecule has 2 aromatic rings. The Balaban J connectivity index is 2.23. The molecule has 122 valence electrons. The molecule has 9 heteroatoms. The highest BCUT2D eigenvalue weighted by molar-refractivity contribution is 5.64. The third kappa shape index (κ3) is 4.09. The molecule has 0 radical (unpaired) electrons. The van der Waals surface area contributed by atoms with Crippen LogP contribution in [0, 0.1) is 10.1 Å². The van der Waals surface area contributed by atoms with Crippen molar-refractivity contribution >= 4 is 11.4 Å². The summed E-state index contributed by atoms with van der Waals surface area (Å²) in [5, 5.41) is 13.7. The summed E-state index contributed by atoms with van der Waals surface area (Å²) in [6.45, 7) is 2.23. The number of halogens is 3. The number of alkyl halides is 3. The predicted octanol–water partition coefficient (Wildman–Crippen LogP) is 4.23. The van der Waals surface area contributed by atoms with E-state index in [4.69, 9.17) is 4.74 Å². The monoisotopic (exact) mass is 327 g/mol. The molecule has 0 atom stereocenters. The summed E-state index contributed by atoms with van der Waals surface area (Å²) >= 11 is 0. The van der Waals surface area contributed by atoms with E-state index in [0.717, 1.165) is 12.1 Å². The zero-order valence-electron chi connectivity index (χ0n) is 11.9. The molecule has 0 unspecified atom stereocenters. The van der Waals surface area contributed by atoms with Crippen LogP contribution in [0.4, 0.5) is 24.5 Å². The van der Waals surface area contributed by atoms with Crippen molar-refractivity contribution in [3.8, 4) is 11.6 Å². The van der Waals surface area contributed by atoms with E-state index >= 15 is 0 Å². The normalized spacial score (nSPS) is 11.1. The van der Waals surface area contributed by atoms with Crippen molar-refractivity contribution in [2.45, 2.75) is 13.1 Å². The van der Waals surface area contributed by atoms with Crippen LogP contribution in [0.2, 0.25) is 0 Å². The topological polar surface area (TPSA) is 77.3 Å². The molecule has 0 amide bonds. The van der Waals surface area contributed by atoms with Gasteiger partial charge in [-0.2, -0.15) is 13.2 Å². The molecule has 1 aromatic carbocycles. The van der Waals surface area contributed by atoms with E-state index in [9.17, 15) is 23.3 Å². The van der Waals surface area contributed by atoms with Crippen molar-refractivity contribution in [1.29, 1.82) is 0 Å². The van der Waals surface area contributed by atoms with Crippen molar-refractivity contribution in [3.05, 3.63) is 52.2 Å². The van der Waals surface area contributed by atoms with Gasteiger partial charge in [0.15, 0.2) is 0 Å². The minimum absolute atomic E-state index is 0.0469. The first-order valence-electron chi connectivity index (χ1n) is 6.54. The summed E-state index contributed by atoms with van der Waals surface area (Å²) in [6, 6.07) is 5.91. The van der Waals surface area contributed by atoms with Gasteiger partial charge in [0, 0.05) is 30.9 Å². The van der Waals surface area contributed by atoms with Crippen molar-refractivity contribution < 1.29 is 22.8 Å². The lowest BCUT2D eigenvalue weighted by Crippen LogP contribution is -2.05. The summed E-state index contributed by atoms with van der Waals surface area (Å²) in [4.78, 5) is 13.9. The van der Waals surface area contributed by atoms with Crippen LogP contribution in [0.3, 0.4) is 0 Å². The average molecular weight is 327 g/mol. The summed E-state index contributed by atoms with van der Waals surface area (Å²) < 4.78 is 42.7. The molecule has 0 fully saturated rings. The first kappa shape index (κ1) is 16.5. The first-order chi connectivity index (χ1) is 10.8. The number of aromatic nitrogens is 1. The molecule has 23 heavy (non-hydrogen) atoms. The number of hydrogen-bond acceptors (Lipinski definition) is 5. The van der Waals surface area contributed by atoms with Gasteiger partial charge in [0.1, 0.15) is 11.4 Å². The smallest absolute Gasteiger partial charge is 0.417 e. The van der Waals surface area contributed by atoms with Crippen LogP contribution in [-0.4, -0.2) is 16.5 Å². The van der Waals surface area contributed by atoms with Crippen molar-refractivity contribution in [2.75, 3.05) is 11.9 Å². The third-order valence-corrected chi connectivity index (χ3v) is 2.82. The molecule has 0 bridgehead atoms. The molecule has 1 heterocycles. The van der Waals surface area contributed by atoms with Crippen LogP contribution in [-0.2, 0) is 6.18 Å². The molecular formula is C14H12F3N3O3. The van der Waals surface area contributed by atoms with Gasteiger partial charge in [-0.15, -0.1) is 0 Å². The maximum absolute atomic E-state index is 12.5. The van der Waals surface area contributed by atoms with Gasteiger partial charge in [-0.3, -0.25) is 10.1 Å². The lowest BCUT2D eigenvalue weighted by atomic mass is 10.2. The summed E-state index contributed by atoms with van der Waals surface area (Å²) in [5.41, 5.74) is -0.761. The van der Waals surface area contributed by atoms with Gasteiger partial charge in [-0.25, -0.2) is 4.98 Å². The average Bonchev–Trinajstić information content (AvgIpc) is 2.47. The Morgan fingerprint density at radius 1 is 1.30 bits per heavy atom. The Hall–Kier alpha value is -2.84. The Bertz CT molecular complexity index is 703.